The third-order valence-electron chi connectivity index (χ3n) is 2.87. The molecule has 0 saturated heterocycles. The molecule has 17 heavy (non-hydrogen) atoms. The van der Waals surface area contributed by atoms with Crippen molar-refractivity contribution >= 4 is 31.9 Å². The van der Waals surface area contributed by atoms with Gasteiger partial charge in [0.05, 0.1) is 13.2 Å². The molecule has 0 radical (unpaired) electrons. The number of alkyl halides is 2. The van der Waals surface area contributed by atoms with Crippen LogP contribution >= 0.6 is 31.9 Å². The maximum atomic E-state index is 5.86. The van der Waals surface area contributed by atoms with E-state index in [0.29, 0.717) is 6.61 Å². The maximum absolute atomic E-state index is 5.86. The predicted octanol–water partition coefficient (Wildman–Crippen LogP) is 4.78. The first-order valence-electron chi connectivity index (χ1n) is 6.00. The molecule has 1 aromatic carbocycles. The van der Waals surface area contributed by atoms with Crippen LogP contribution in [-0.2, 0) is 11.3 Å². The molecule has 3 heteroatoms. The third kappa shape index (κ3) is 5.11. The van der Waals surface area contributed by atoms with Crippen molar-refractivity contribution in [1.29, 1.82) is 0 Å². The lowest BCUT2D eigenvalue weighted by molar-refractivity contribution is 0.0526. The molecular formula is C14H20Br2O. The van der Waals surface area contributed by atoms with Gasteiger partial charge in [-0.2, -0.15) is 0 Å². The molecule has 0 spiro atoms. The molecule has 1 rings (SSSR count). The molecule has 0 fully saturated rings. The van der Waals surface area contributed by atoms with Crippen LogP contribution in [0.1, 0.15) is 25.3 Å². The molecule has 0 atom stereocenters. The Kier molecular flexibility index (Phi) is 7.40. The number of benzene rings is 1. The minimum atomic E-state index is 0.226. The lowest BCUT2D eigenvalue weighted by Gasteiger charge is -2.29. The number of hydrogen-bond acceptors (Lipinski definition) is 1. The molecule has 0 bridgehead atoms. The Balaban J connectivity index is 2.42. The van der Waals surface area contributed by atoms with Crippen LogP contribution in [0, 0.1) is 5.41 Å². The van der Waals surface area contributed by atoms with E-state index < -0.39 is 0 Å². The standard InChI is InChI=1S/C14H20Br2O/c1-2-8-14(10-15,11-16)12-17-9-13-6-4-3-5-7-13/h3-7H,2,8-12H2,1H3. The van der Waals surface area contributed by atoms with Gasteiger partial charge in [0, 0.05) is 16.1 Å². The molecule has 0 aliphatic heterocycles. The van der Waals surface area contributed by atoms with Gasteiger partial charge < -0.3 is 4.74 Å². The molecule has 0 N–H and O–H groups in total. The molecular weight excluding hydrogens is 344 g/mol. The lowest BCUT2D eigenvalue weighted by Crippen LogP contribution is -2.30. The summed E-state index contributed by atoms with van der Waals surface area (Å²) >= 11 is 7.22. The van der Waals surface area contributed by atoms with E-state index in [0.717, 1.165) is 17.3 Å². The van der Waals surface area contributed by atoms with Crippen molar-refractivity contribution in [2.45, 2.75) is 26.4 Å². The fourth-order valence-electron chi connectivity index (χ4n) is 1.81. The highest BCUT2D eigenvalue weighted by Gasteiger charge is 2.27. The summed E-state index contributed by atoms with van der Waals surface area (Å²) in [5.74, 6) is 0. The zero-order valence-electron chi connectivity index (χ0n) is 10.3. The van der Waals surface area contributed by atoms with Crippen LogP contribution in [0.5, 0.6) is 0 Å². The van der Waals surface area contributed by atoms with Crippen LogP contribution in [0.2, 0.25) is 0 Å². The molecule has 1 aromatic rings. The van der Waals surface area contributed by atoms with Crippen LogP contribution in [0.15, 0.2) is 30.3 Å². The summed E-state index contributed by atoms with van der Waals surface area (Å²) in [5, 5.41) is 1.96. The van der Waals surface area contributed by atoms with Crippen molar-refractivity contribution in [1.82, 2.24) is 0 Å². The van der Waals surface area contributed by atoms with Crippen molar-refractivity contribution in [2.24, 2.45) is 5.41 Å². The Labute approximate surface area is 121 Å². The molecule has 1 nitrogen and oxygen atoms in total. The lowest BCUT2D eigenvalue weighted by atomic mass is 9.89. The summed E-state index contributed by atoms with van der Waals surface area (Å²) in [6.07, 6.45) is 2.37. The van der Waals surface area contributed by atoms with E-state index in [1.807, 2.05) is 18.2 Å². The van der Waals surface area contributed by atoms with Crippen LogP contribution < -0.4 is 0 Å². The summed E-state index contributed by atoms with van der Waals surface area (Å²) < 4.78 is 5.86. The summed E-state index contributed by atoms with van der Waals surface area (Å²) in [5.41, 5.74) is 1.46. The van der Waals surface area contributed by atoms with Gasteiger partial charge in [0.2, 0.25) is 0 Å². The summed E-state index contributed by atoms with van der Waals surface area (Å²) in [7, 11) is 0. The Hall–Kier alpha value is 0.140. The molecule has 0 aromatic heterocycles. The van der Waals surface area contributed by atoms with Gasteiger partial charge in [0.1, 0.15) is 0 Å². The highest BCUT2D eigenvalue weighted by molar-refractivity contribution is 9.09. The van der Waals surface area contributed by atoms with Crippen molar-refractivity contribution in [3.63, 3.8) is 0 Å². The van der Waals surface area contributed by atoms with Gasteiger partial charge in [0.15, 0.2) is 0 Å². The first kappa shape index (κ1) is 15.2. The average molecular weight is 364 g/mol. The van der Waals surface area contributed by atoms with E-state index in [9.17, 15) is 0 Å². The minimum Gasteiger partial charge on any atom is -0.376 e. The van der Waals surface area contributed by atoms with Crippen molar-refractivity contribution in [3.05, 3.63) is 35.9 Å². The predicted molar refractivity (Wildman–Crippen MR) is 81.0 cm³/mol. The van der Waals surface area contributed by atoms with Gasteiger partial charge in [-0.15, -0.1) is 0 Å². The van der Waals surface area contributed by atoms with Gasteiger partial charge in [0.25, 0.3) is 0 Å². The van der Waals surface area contributed by atoms with Gasteiger partial charge in [-0.1, -0.05) is 75.5 Å². The van der Waals surface area contributed by atoms with Crippen molar-refractivity contribution < 1.29 is 4.74 Å². The SMILES string of the molecule is CCCC(CBr)(CBr)COCc1ccccc1. The monoisotopic (exact) mass is 362 g/mol. The van der Waals surface area contributed by atoms with E-state index in [1.165, 1.54) is 18.4 Å². The van der Waals surface area contributed by atoms with E-state index in [2.05, 4.69) is 50.9 Å². The second-order valence-electron chi connectivity index (χ2n) is 4.50. The Morgan fingerprint density at radius 3 is 2.29 bits per heavy atom. The van der Waals surface area contributed by atoms with Crippen LogP contribution in [0.25, 0.3) is 0 Å². The van der Waals surface area contributed by atoms with E-state index >= 15 is 0 Å². The molecule has 0 heterocycles. The van der Waals surface area contributed by atoms with Crippen molar-refractivity contribution in [3.8, 4) is 0 Å². The van der Waals surface area contributed by atoms with Crippen molar-refractivity contribution in [2.75, 3.05) is 17.3 Å². The molecule has 96 valence electrons. The van der Waals surface area contributed by atoms with Gasteiger partial charge in [-0.05, 0) is 12.0 Å². The fraction of sp³-hybridized carbons (Fsp3) is 0.571. The van der Waals surface area contributed by atoms with Crippen LogP contribution in [0.3, 0.4) is 0 Å². The Morgan fingerprint density at radius 2 is 1.76 bits per heavy atom. The number of rotatable bonds is 8. The highest BCUT2D eigenvalue weighted by atomic mass is 79.9. The number of ether oxygens (including phenoxy) is 1. The average Bonchev–Trinajstić information content (AvgIpc) is 2.39. The molecule has 0 aliphatic rings. The topological polar surface area (TPSA) is 9.23 Å². The minimum absolute atomic E-state index is 0.226. The highest BCUT2D eigenvalue weighted by Crippen LogP contribution is 2.29. The van der Waals surface area contributed by atoms with E-state index in [1.54, 1.807) is 0 Å². The van der Waals surface area contributed by atoms with Crippen LogP contribution in [0.4, 0.5) is 0 Å². The van der Waals surface area contributed by atoms with E-state index in [-0.39, 0.29) is 5.41 Å². The first-order chi connectivity index (χ1) is 8.26. The maximum Gasteiger partial charge on any atom is 0.0717 e. The second kappa shape index (κ2) is 8.28. The van der Waals surface area contributed by atoms with Gasteiger partial charge in [-0.3, -0.25) is 0 Å². The summed E-state index contributed by atoms with van der Waals surface area (Å²) in [6.45, 7) is 3.72. The van der Waals surface area contributed by atoms with Gasteiger partial charge in [-0.25, -0.2) is 0 Å². The molecule has 0 saturated carbocycles. The third-order valence-corrected chi connectivity index (χ3v) is 5.25. The molecule has 0 unspecified atom stereocenters. The zero-order valence-corrected chi connectivity index (χ0v) is 13.5. The Bertz CT molecular complexity index is 296. The molecule has 0 amide bonds. The normalized spacial score (nSPS) is 11.7. The zero-order chi connectivity index (χ0) is 12.6. The second-order valence-corrected chi connectivity index (χ2v) is 5.62. The number of hydrogen-bond donors (Lipinski definition) is 0. The summed E-state index contributed by atoms with van der Waals surface area (Å²) in [4.78, 5) is 0. The van der Waals surface area contributed by atoms with E-state index in [4.69, 9.17) is 4.74 Å². The fourth-order valence-corrected chi connectivity index (χ4v) is 3.62. The van der Waals surface area contributed by atoms with Gasteiger partial charge >= 0.3 is 0 Å². The summed E-state index contributed by atoms with van der Waals surface area (Å²) in [6, 6.07) is 10.3. The largest absolute Gasteiger partial charge is 0.376 e. The number of halogens is 2. The Morgan fingerprint density at radius 1 is 1.12 bits per heavy atom. The first-order valence-corrected chi connectivity index (χ1v) is 8.24. The smallest absolute Gasteiger partial charge is 0.0717 e. The molecule has 0 aliphatic carbocycles. The van der Waals surface area contributed by atoms with Crippen LogP contribution in [-0.4, -0.2) is 17.3 Å². The quantitative estimate of drug-likeness (QED) is 0.604.